The van der Waals surface area contributed by atoms with Crippen LogP contribution in [-0.2, 0) is 4.43 Å². The molecule has 3 nitrogen and oxygen atoms in total. The lowest BCUT2D eigenvalue weighted by Gasteiger charge is -2.25. The first-order valence-electron chi connectivity index (χ1n) is 7.96. The summed E-state index contributed by atoms with van der Waals surface area (Å²) < 4.78 is 5.84. The molecule has 4 heteroatoms. The van der Waals surface area contributed by atoms with Gasteiger partial charge >= 0.3 is 0 Å². The molecule has 118 valence electrons. The molecule has 0 fully saturated rings. The van der Waals surface area contributed by atoms with Gasteiger partial charge in [0.25, 0.3) is 0 Å². The molecule has 0 bridgehead atoms. The first-order chi connectivity index (χ1) is 10.8. The van der Waals surface area contributed by atoms with Crippen molar-refractivity contribution in [3.8, 4) is 0 Å². The molecule has 0 aliphatic heterocycles. The number of anilines is 2. The zero-order valence-electron chi connectivity index (χ0n) is 13.5. The Morgan fingerprint density at radius 2 is 1.64 bits per heavy atom. The van der Waals surface area contributed by atoms with E-state index < -0.39 is 9.76 Å². The average Bonchev–Trinajstić information content (AvgIpc) is 2.55. The summed E-state index contributed by atoms with van der Waals surface area (Å²) in [5.74, 6) is 0. The van der Waals surface area contributed by atoms with Crippen LogP contribution in [0.3, 0.4) is 0 Å². The molecule has 2 rings (SSSR count). The Balaban J connectivity index is 1.87. The third-order valence-corrected chi connectivity index (χ3v) is 5.04. The Morgan fingerprint density at radius 3 is 2.27 bits per heavy atom. The van der Waals surface area contributed by atoms with Crippen molar-refractivity contribution in [2.24, 2.45) is 0 Å². The fourth-order valence-corrected chi connectivity index (χ4v) is 3.58. The predicted octanol–water partition coefficient (Wildman–Crippen LogP) is 3.07. The van der Waals surface area contributed by atoms with Crippen LogP contribution < -0.4 is 10.2 Å². The highest BCUT2D eigenvalue weighted by Gasteiger charge is 2.07. The molecular weight excluding hydrogens is 288 g/mol. The van der Waals surface area contributed by atoms with Gasteiger partial charge in [0.2, 0.25) is 0 Å². The Morgan fingerprint density at radius 1 is 1.00 bits per heavy atom. The zero-order valence-corrected chi connectivity index (χ0v) is 14.9. The van der Waals surface area contributed by atoms with Crippen LogP contribution in [0.4, 0.5) is 11.4 Å². The highest BCUT2D eigenvalue weighted by atomic mass is 28.2. The van der Waals surface area contributed by atoms with Gasteiger partial charge < -0.3 is 14.6 Å². The van der Waals surface area contributed by atoms with Gasteiger partial charge in [-0.25, -0.2) is 0 Å². The van der Waals surface area contributed by atoms with Crippen LogP contribution in [0.1, 0.15) is 13.8 Å². The van der Waals surface area contributed by atoms with Crippen LogP contribution in [-0.4, -0.2) is 35.1 Å². The maximum absolute atomic E-state index is 5.84. The highest BCUT2D eigenvalue weighted by molar-refractivity contribution is 6.28. The van der Waals surface area contributed by atoms with Gasteiger partial charge in [-0.15, -0.1) is 0 Å². The SMILES string of the molecule is CC(C)O[SiH2]CN(CCNc1ccccc1)c1ccccc1. The van der Waals surface area contributed by atoms with Gasteiger partial charge in [-0.3, -0.25) is 0 Å². The van der Waals surface area contributed by atoms with E-state index in [1.807, 2.05) is 6.07 Å². The van der Waals surface area contributed by atoms with E-state index in [9.17, 15) is 0 Å². The fourth-order valence-electron chi connectivity index (χ4n) is 2.30. The number of hydrogen-bond donors (Lipinski definition) is 1. The summed E-state index contributed by atoms with van der Waals surface area (Å²) in [6.07, 6.45) is 1.38. The van der Waals surface area contributed by atoms with Crippen LogP contribution in [0, 0.1) is 0 Å². The summed E-state index contributed by atoms with van der Waals surface area (Å²) in [5.41, 5.74) is 2.45. The third kappa shape index (κ3) is 5.91. The van der Waals surface area contributed by atoms with Crippen LogP contribution in [0.2, 0.25) is 0 Å². The minimum atomic E-state index is -0.520. The van der Waals surface area contributed by atoms with E-state index >= 15 is 0 Å². The van der Waals surface area contributed by atoms with E-state index in [0.717, 1.165) is 19.3 Å². The lowest BCUT2D eigenvalue weighted by atomic mass is 10.3. The van der Waals surface area contributed by atoms with Crippen molar-refractivity contribution in [1.29, 1.82) is 0 Å². The van der Waals surface area contributed by atoms with Gasteiger partial charge in [0, 0.05) is 36.7 Å². The molecule has 1 N–H and O–H groups in total. The van der Waals surface area contributed by atoms with Gasteiger partial charge in [0.1, 0.15) is 0 Å². The summed E-state index contributed by atoms with van der Waals surface area (Å²) in [6, 6.07) is 20.9. The number of hydrogen-bond acceptors (Lipinski definition) is 3. The van der Waals surface area contributed by atoms with Gasteiger partial charge in [-0.1, -0.05) is 36.4 Å². The molecule has 0 aliphatic carbocycles. The molecule has 0 heterocycles. The van der Waals surface area contributed by atoms with Crippen LogP contribution in [0.15, 0.2) is 60.7 Å². The van der Waals surface area contributed by atoms with Gasteiger partial charge in [0.15, 0.2) is 9.76 Å². The maximum atomic E-state index is 5.84. The predicted molar refractivity (Wildman–Crippen MR) is 98.4 cm³/mol. The number of benzene rings is 2. The Kier molecular flexibility index (Phi) is 6.99. The average molecular weight is 315 g/mol. The minimum absolute atomic E-state index is 0.340. The summed E-state index contributed by atoms with van der Waals surface area (Å²) >= 11 is 0. The molecule has 0 aromatic heterocycles. The summed E-state index contributed by atoms with van der Waals surface area (Å²) in [7, 11) is -0.520. The van der Waals surface area contributed by atoms with Crippen LogP contribution in [0.5, 0.6) is 0 Å². The van der Waals surface area contributed by atoms with Crippen molar-refractivity contribution >= 4 is 21.1 Å². The molecule has 0 atom stereocenters. The Labute approximate surface area is 136 Å². The second-order valence-electron chi connectivity index (χ2n) is 5.53. The van der Waals surface area contributed by atoms with Gasteiger partial charge in [0.05, 0.1) is 0 Å². The summed E-state index contributed by atoms with van der Waals surface area (Å²) in [6.45, 7) is 6.12. The van der Waals surface area contributed by atoms with Crippen molar-refractivity contribution in [3.05, 3.63) is 60.7 Å². The monoisotopic (exact) mass is 314 g/mol. The second-order valence-corrected chi connectivity index (χ2v) is 6.72. The molecule has 22 heavy (non-hydrogen) atoms. The molecule has 0 radical (unpaired) electrons. The Hall–Kier alpha value is -1.78. The molecule has 0 saturated heterocycles. The number of nitrogens with one attached hydrogen (secondary N) is 1. The first-order valence-corrected chi connectivity index (χ1v) is 9.54. The van der Waals surface area contributed by atoms with E-state index in [4.69, 9.17) is 4.43 Å². The molecule has 0 aliphatic rings. The number of rotatable bonds is 9. The number of para-hydroxylation sites is 2. The normalized spacial score (nSPS) is 11.2. The number of nitrogens with zero attached hydrogens (tertiary/aromatic N) is 1. The fraction of sp³-hybridized carbons (Fsp3) is 0.333. The van der Waals surface area contributed by atoms with Crippen molar-refractivity contribution in [2.75, 3.05) is 29.5 Å². The van der Waals surface area contributed by atoms with Crippen molar-refractivity contribution < 1.29 is 4.43 Å². The third-order valence-electron chi connectivity index (χ3n) is 3.42. The zero-order chi connectivity index (χ0) is 15.6. The molecular formula is C18H26N2OSi. The molecule has 0 saturated carbocycles. The standard InChI is InChI=1S/C18H26N2OSi/c1-16(2)21-22-15-20(18-11-7-4-8-12-18)14-13-19-17-9-5-3-6-10-17/h3-12,16,19H,13-15,22H2,1-2H3. The van der Waals surface area contributed by atoms with Crippen molar-refractivity contribution in [3.63, 3.8) is 0 Å². The van der Waals surface area contributed by atoms with E-state index in [0.29, 0.717) is 6.10 Å². The van der Waals surface area contributed by atoms with Crippen molar-refractivity contribution in [1.82, 2.24) is 0 Å². The largest absolute Gasteiger partial charge is 0.420 e. The quantitative estimate of drug-likeness (QED) is 0.720. The molecule has 2 aromatic rings. The van der Waals surface area contributed by atoms with E-state index in [-0.39, 0.29) is 0 Å². The maximum Gasteiger partial charge on any atom is 0.180 e. The molecule has 0 unspecified atom stereocenters. The lowest BCUT2D eigenvalue weighted by molar-refractivity contribution is 0.255. The first kappa shape index (κ1) is 16.6. The Bertz CT molecular complexity index is 519. The van der Waals surface area contributed by atoms with E-state index in [1.165, 1.54) is 11.4 Å². The highest BCUT2D eigenvalue weighted by Crippen LogP contribution is 2.13. The molecule has 2 aromatic carbocycles. The molecule has 0 amide bonds. The van der Waals surface area contributed by atoms with E-state index in [2.05, 4.69) is 78.7 Å². The van der Waals surface area contributed by atoms with E-state index in [1.54, 1.807) is 0 Å². The lowest BCUT2D eigenvalue weighted by Crippen LogP contribution is -2.34. The smallest absolute Gasteiger partial charge is 0.180 e. The van der Waals surface area contributed by atoms with Crippen LogP contribution in [0.25, 0.3) is 0 Å². The van der Waals surface area contributed by atoms with Crippen molar-refractivity contribution in [2.45, 2.75) is 20.0 Å². The summed E-state index contributed by atoms with van der Waals surface area (Å²) in [5, 5.41) is 3.48. The molecule has 0 spiro atoms. The van der Waals surface area contributed by atoms with Gasteiger partial charge in [-0.05, 0) is 38.1 Å². The van der Waals surface area contributed by atoms with Crippen LogP contribution >= 0.6 is 0 Å². The second kappa shape index (κ2) is 9.28. The topological polar surface area (TPSA) is 24.5 Å². The summed E-state index contributed by atoms with van der Waals surface area (Å²) in [4.78, 5) is 2.42. The minimum Gasteiger partial charge on any atom is -0.420 e. The van der Waals surface area contributed by atoms with Gasteiger partial charge in [-0.2, -0.15) is 0 Å².